The highest BCUT2D eigenvalue weighted by molar-refractivity contribution is 5.74. The number of likely N-dealkylation sites (tertiary alicyclic amines) is 1. The molecule has 4 rings (SSSR count). The van der Waals surface area contributed by atoms with Crippen molar-refractivity contribution >= 4 is 6.03 Å². The van der Waals surface area contributed by atoms with E-state index in [4.69, 9.17) is 9.47 Å². The summed E-state index contributed by atoms with van der Waals surface area (Å²) in [6.07, 6.45) is -3.63. The van der Waals surface area contributed by atoms with Gasteiger partial charge in [0.1, 0.15) is 6.10 Å². The third kappa shape index (κ3) is 5.96. The van der Waals surface area contributed by atoms with Crippen molar-refractivity contribution in [2.24, 2.45) is 11.8 Å². The Balaban J connectivity index is 1.68. The van der Waals surface area contributed by atoms with Crippen molar-refractivity contribution in [2.75, 3.05) is 40.9 Å². The Morgan fingerprint density at radius 2 is 1.84 bits per heavy atom. The van der Waals surface area contributed by atoms with Crippen LogP contribution in [0.5, 0.6) is 0 Å². The Morgan fingerprint density at radius 1 is 1.11 bits per heavy atom. The van der Waals surface area contributed by atoms with E-state index in [1.807, 2.05) is 17.0 Å². The van der Waals surface area contributed by atoms with Crippen LogP contribution in [0.1, 0.15) is 52.7 Å². The SMILES string of the molecule is COC[C@@H](O[C@H]1CC[C@@H]2CN(C(=O)N(C)C)C[C@H]2[C@@H]1c1ccccc1C)c1cc(C)cc(C(F)(F)F)c1. The number of fused-ring (bicyclic) bond motifs is 1. The maximum absolute atomic E-state index is 13.6. The number of nitrogens with zero attached hydrogens (tertiary/aromatic N) is 2. The monoisotopic (exact) mass is 518 g/mol. The molecule has 37 heavy (non-hydrogen) atoms. The summed E-state index contributed by atoms with van der Waals surface area (Å²) in [5.74, 6) is 0.575. The zero-order chi connectivity index (χ0) is 26.9. The molecule has 202 valence electrons. The van der Waals surface area contributed by atoms with Gasteiger partial charge in [-0.05, 0) is 67.3 Å². The summed E-state index contributed by atoms with van der Waals surface area (Å²) < 4.78 is 52.9. The molecule has 2 aromatic rings. The average molecular weight is 519 g/mol. The highest BCUT2D eigenvalue weighted by Crippen LogP contribution is 2.48. The van der Waals surface area contributed by atoms with Crippen LogP contribution >= 0.6 is 0 Å². The molecule has 1 aliphatic heterocycles. The van der Waals surface area contributed by atoms with Crippen molar-refractivity contribution in [1.29, 1.82) is 0 Å². The normalized spacial score (nSPS) is 24.6. The van der Waals surface area contributed by atoms with E-state index in [0.29, 0.717) is 30.1 Å². The molecule has 1 saturated heterocycles. The van der Waals surface area contributed by atoms with Crippen LogP contribution < -0.4 is 0 Å². The Morgan fingerprint density at radius 3 is 2.49 bits per heavy atom. The van der Waals surface area contributed by atoms with Crippen molar-refractivity contribution in [3.05, 3.63) is 70.3 Å². The highest BCUT2D eigenvalue weighted by atomic mass is 19.4. The van der Waals surface area contributed by atoms with Crippen molar-refractivity contribution in [3.63, 3.8) is 0 Å². The lowest BCUT2D eigenvalue weighted by atomic mass is 9.68. The fourth-order valence-corrected chi connectivity index (χ4v) is 6.16. The standard InChI is InChI=1S/C29H37F3N2O3/c1-18-12-21(14-22(13-18)29(30,31)32)26(17-36-5)37-25-11-10-20-15-34(28(35)33(3)4)16-24(20)27(25)23-9-7-6-8-19(23)2/h6-9,12-14,20,24-27H,10-11,15-17H2,1-5H3/t20-,24-,25+,26-,27+/m1/s1. The van der Waals surface area contributed by atoms with E-state index in [-0.39, 0.29) is 30.6 Å². The van der Waals surface area contributed by atoms with Crippen molar-refractivity contribution in [1.82, 2.24) is 9.80 Å². The smallest absolute Gasteiger partial charge is 0.382 e. The second kappa shape index (κ2) is 11.0. The van der Waals surface area contributed by atoms with E-state index in [9.17, 15) is 18.0 Å². The molecule has 2 amide bonds. The van der Waals surface area contributed by atoms with Crippen LogP contribution in [-0.2, 0) is 15.7 Å². The Kier molecular flexibility index (Phi) is 8.19. The number of amides is 2. The number of urea groups is 1. The van der Waals surface area contributed by atoms with Crippen LogP contribution in [0.3, 0.4) is 0 Å². The molecule has 0 radical (unpaired) electrons. The number of hydrogen-bond acceptors (Lipinski definition) is 3. The second-order valence-electron chi connectivity index (χ2n) is 10.7. The summed E-state index contributed by atoms with van der Waals surface area (Å²) in [6.45, 7) is 5.25. The van der Waals surface area contributed by atoms with E-state index in [1.54, 1.807) is 32.0 Å². The predicted molar refractivity (Wildman–Crippen MR) is 136 cm³/mol. The van der Waals surface area contributed by atoms with Gasteiger partial charge in [-0.15, -0.1) is 0 Å². The quantitative estimate of drug-likeness (QED) is 0.457. The van der Waals surface area contributed by atoms with Gasteiger partial charge in [-0.1, -0.05) is 35.9 Å². The number of aryl methyl sites for hydroxylation is 2. The van der Waals surface area contributed by atoms with Crippen molar-refractivity contribution < 1.29 is 27.4 Å². The molecular weight excluding hydrogens is 481 g/mol. The van der Waals surface area contributed by atoms with Crippen molar-refractivity contribution in [3.8, 4) is 0 Å². The molecule has 0 bridgehead atoms. The van der Waals surface area contributed by atoms with Crippen LogP contribution in [0.25, 0.3) is 0 Å². The Bertz CT molecular complexity index is 1100. The fourth-order valence-electron chi connectivity index (χ4n) is 6.16. The van der Waals surface area contributed by atoms with Gasteiger partial charge in [-0.2, -0.15) is 13.2 Å². The molecule has 2 fully saturated rings. The number of halogens is 3. The number of ether oxygens (including phenoxy) is 2. The molecule has 5 nitrogen and oxygen atoms in total. The molecule has 0 N–H and O–H groups in total. The summed E-state index contributed by atoms with van der Waals surface area (Å²) in [4.78, 5) is 16.3. The number of benzene rings is 2. The molecule has 0 aromatic heterocycles. The highest BCUT2D eigenvalue weighted by Gasteiger charge is 2.48. The van der Waals surface area contributed by atoms with Crippen LogP contribution in [0.2, 0.25) is 0 Å². The van der Waals surface area contributed by atoms with Gasteiger partial charge >= 0.3 is 12.2 Å². The van der Waals surface area contributed by atoms with E-state index < -0.39 is 17.8 Å². The fraction of sp³-hybridized carbons (Fsp3) is 0.552. The number of carbonyl (C=O) groups is 1. The van der Waals surface area contributed by atoms with Crippen LogP contribution in [-0.4, -0.2) is 62.8 Å². The van der Waals surface area contributed by atoms with Gasteiger partial charge in [0.2, 0.25) is 0 Å². The van der Waals surface area contributed by atoms with Gasteiger partial charge in [-0.3, -0.25) is 0 Å². The summed E-state index contributed by atoms with van der Waals surface area (Å²) in [6, 6.07) is 12.3. The van der Waals surface area contributed by atoms with Crippen LogP contribution in [0.15, 0.2) is 42.5 Å². The molecule has 1 heterocycles. The van der Waals surface area contributed by atoms with Crippen LogP contribution in [0.4, 0.5) is 18.0 Å². The summed E-state index contributed by atoms with van der Waals surface area (Å²) in [5, 5.41) is 0. The summed E-state index contributed by atoms with van der Waals surface area (Å²) in [7, 11) is 5.07. The van der Waals surface area contributed by atoms with Gasteiger partial charge in [0.25, 0.3) is 0 Å². The Hall–Kier alpha value is -2.58. The van der Waals surface area contributed by atoms with Gasteiger partial charge in [0.05, 0.1) is 18.3 Å². The minimum absolute atomic E-state index is 0.00658. The maximum Gasteiger partial charge on any atom is 0.416 e. The molecular formula is C29H37F3N2O3. The first kappa shape index (κ1) is 27.5. The molecule has 2 aromatic carbocycles. The first-order chi connectivity index (χ1) is 17.5. The predicted octanol–water partition coefficient (Wildman–Crippen LogP) is 6.20. The Labute approximate surface area is 217 Å². The van der Waals surface area contributed by atoms with Gasteiger partial charge in [-0.25, -0.2) is 4.79 Å². The lowest BCUT2D eigenvalue weighted by molar-refractivity contribution is -0.137. The lowest BCUT2D eigenvalue weighted by Crippen LogP contribution is -2.40. The number of rotatable bonds is 6. The summed E-state index contributed by atoms with van der Waals surface area (Å²) >= 11 is 0. The maximum atomic E-state index is 13.6. The van der Waals surface area contributed by atoms with E-state index >= 15 is 0 Å². The largest absolute Gasteiger partial charge is 0.416 e. The minimum atomic E-state index is -4.44. The van der Waals surface area contributed by atoms with Crippen LogP contribution in [0, 0.1) is 25.7 Å². The molecule has 1 aliphatic carbocycles. The van der Waals surface area contributed by atoms with E-state index in [0.717, 1.165) is 24.5 Å². The molecule has 5 atom stereocenters. The number of hydrogen-bond donors (Lipinski definition) is 0. The van der Waals surface area contributed by atoms with E-state index in [1.165, 1.54) is 18.7 Å². The van der Waals surface area contributed by atoms with Gasteiger partial charge in [0.15, 0.2) is 0 Å². The molecule has 0 unspecified atom stereocenters. The second-order valence-corrected chi connectivity index (χ2v) is 10.7. The summed E-state index contributed by atoms with van der Waals surface area (Å²) in [5.41, 5.74) is 2.65. The number of carbonyl (C=O) groups excluding carboxylic acids is 1. The molecule has 0 spiro atoms. The first-order valence-electron chi connectivity index (χ1n) is 12.8. The molecule has 2 aliphatic rings. The third-order valence-electron chi connectivity index (χ3n) is 7.83. The lowest BCUT2D eigenvalue weighted by Gasteiger charge is -2.41. The number of methoxy groups -OCH3 is 1. The van der Waals surface area contributed by atoms with Gasteiger partial charge < -0.3 is 19.3 Å². The number of alkyl halides is 3. The molecule has 1 saturated carbocycles. The minimum Gasteiger partial charge on any atom is -0.382 e. The average Bonchev–Trinajstić information content (AvgIpc) is 3.27. The third-order valence-corrected chi connectivity index (χ3v) is 7.83. The van der Waals surface area contributed by atoms with Gasteiger partial charge in [0, 0.05) is 40.2 Å². The zero-order valence-electron chi connectivity index (χ0n) is 22.2. The first-order valence-corrected chi connectivity index (χ1v) is 12.8. The molecule has 8 heteroatoms. The van der Waals surface area contributed by atoms with E-state index in [2.05, 4.69) is 19.1 Å². The zero-order valence-corrected chi connectivity index (χ0v) is 22.2. The topological polar surface area (TPSA) is 42.0 Å². The van der Waals surface area contributed by atoms with Crippen molar-refractivity contribution in [2.45, 2.75) is 51.0 Å².